The second kappa shape index (κ2) is 4.24. The number of hydrogen-bond acceptors (Lipinski definition) is 3. The van der Waals surface area contributed by atoms with Crippen LogP contribution in [0.1, 0.15) is 31.1 Å². The molecule has 1 heterocycles. The van der Waals surface area contributed by atoms with Crippen molar-refractivity contribution in [3.63, 3.8) is 0 Å². The summed E-state index contributed by atoms with van der Waals surface area (Å²) >= 11 is 5.73. The van der Waals surface area contributed by atoms with Crippen LogP contribution in [0.2, 0.25) is 0 Å². The molecule has 0 N–H and O–H groups in total. The van der Waals surface area contributed by atoms with Gasteiger partial charge in [0.15, 0.2) is 5.82 Å². The van der Waals surface area contributed by atoms with Gasteiger partial charge in [-0.25, -0.2) is 9.97 Å². The third kappa shape index (κ3) is 2.42. The molecular formula is C10H15ClN2O. The molecule has 0 unspecified atom stereocenters. The van der Waals surface area contributed by atoms with E-state index in [0.29, 0.717) is 11.7 Å². The highest BCUT2D eigenvalue weighted by atomic mass is 35.5. The molecule has 0 radical (unpaired) electrons. The minimum atomic E-state index is -0.465. The lowest BCUT2D eigenvalue weighted by molar-refractivity contribution is 0.0112. The van der Waals surface area contributed by atoms with Crippen LogP contribution in [0.25, 0.3) is 0 Å². The van der Waals surface area contributed by atoms with E-state index in [-0.39, 0.29) is 0 Å². The van der Waals surface area contributed by atoms with E-state index in [1.807, 2.05) is 26.8 Å². The summed E-state index contributed by atoms with van der Waals surface area (Å²) in [6.07, 6.45) is 0. The van der Waals surface area contributed by atoms with Gasteiger partial charge < -0.3 is 4.74 Å². The van der Waals surface area contributed by atoms with Crippen molar-refractivity contribution in [2.45, 2.75) is 32.3 Å². The highest BCUT2D eigenvalue weighted by Crippen LogP contribution is 2.20. The number of alkyl halides is 1. The summed E-state index contributed by atoms with van der Waals surface area (Å²) in [5.41, 5.74) is 1.28. The molecule has 1 aromatic rings. The van der Waals surface area contributed by atoms with Gasteiger partial charge in [-0.2, -0.15) is 0 Å². The third-order valence-corrected chi connectivity index (χ3v) is 2.37. The van der Waals surface area contributed by atoms with Crippen LogP contribution in [0.3, 0.4) is 0 Å². The molecule has 4 heteroatoms. The van der Waals surface area contributed by atoms with Gasteiger partial charge in [-0.15, -0.1) is 11.6 Å². The number of nitrogens with zero attached hydrogens (tertiary/aromatic N) is 2. The molecule has 0 amide bonds. The van der Waals surface area contributed by atoms with Gasteiger partial charge in [0.25, 0.3) is 0 Å². The average molecular weight is 215 g/mol. The Morgan fingerprint density at radius 3 is 2.57 bits per heavy atom. The number of aromatic nitrogens is 2. The standard InChI is InChI=1S/C10H15ClN2O/c1-7-5-8(6-11)13-9(12-7)10(2,3)14-4/h5H,6H2,1-4H3. The first-order valence-corrected chi connectivity index (χ1v) is 4.99. The Kier molecular flexibility index (Phi) is 3.45. The fourth-order valence-electron chi connectivity index (χ4n) is 1.06. The van der Waals surface area contributed by atoms with Crippen molar-refractivity contribution >= 4 is 11.6 Å². The van der Waals surface area contributed by atoms with E-state index < -0.39 is 5.60 Å². The van der Waals surface area contributed by atoms with E-state index in [0.717, 1.165) is 11.4 Å². The fourth-order valence-corrected chi connectivity index (χ4v) is 1.20. The summed E-state index contributed by atoms with van der Waals surface area (Å²) in [5, 5.41) is 0. The number of aryl methyl sites for hydroxylation is 1. The first-order chi connectivity index (χ1) is 6.49. The largest absolute Gasteiger partial charge is 0.371 e. The first kappa shape index (κ1) is 11.4. The van der Waals surface area contributed by atoms with Crippen molar-refractivity contribution in [2.24, 2.45) is 0 Å². The van der Waals surface area contributed by atoms with Gasteiger partial charge >= 0.3 is 0 Å². The van der Waals surface area contributed by atoms with Crippen LogP contribution in [0.4, 0.5) is 0 Å². The van der Waals surface area contributed by atoms with Crippen molar-refractivity contribution in [2.75, 3.05) is 7.11 Å². The number of halogens is 1. The topological polar surface area (TPSA) is 35.0 Å². The number of methoxy groups -OCH3 is 1. The lowest BCUT2D eigenvalue weighted by atomic mass is 10.1. The molecule has 0 bridgehead atoms. The van der Waals surface area contributed by atoms with Gasteiger partial charge in [0, 0.05) is 12.8 Å². The van der Waals surface area contributed by atoms with Crippen molar-refractivity contribution in [1.82, 2.24) is 9.97 Å². The average Bonchev–Trinajstić information content (AvgIpc) is 2.16. The van der Waals surface area contributed by atoms with E-state index in [2.05, 4.69) is 9.97 Å². The minimum Gasteiger partial charge on any atom is -0.371 e. The van der Waals surface area contributed by atoms with Gasteiger partial charge in [-0.3, -0.25) is 0 Å². The maximum absolute atomic E-state index is 5.73. The molecule has 14 heavy (non-hydrogen) atoms. The Labute approximate surface area is 89.5 Å². The van der Waals surface area contributed by atoms with Crippen LogP contribution in [0.15, 0.2) is 6.07 Å². The van der Waals surface area contributed by atoms with Crippen LogP contribution in [-0.4, -0.2) is 17.1 Å². The van der Waals surface area contributed by atoms with Crippen LogP contribution < -0.4 is 0 Å². The summed E-state index contributed by atoms with van der Waals surface area (Å²) in [4.78, 5) is 8.66. The Morgan fingerprint density at radius 1 is 1.43 bits per heavy atom. The number of rotatable bonds is 3. The van der Waals surface area contributed by atoms with Gasteiger partial charge in [0.2, 0.25) is 0 Å². The molecule has 0 saturated carbocycles. The Hall–Kier alpha value is -0.670. The van der Waals surface area contributed by atoms with Crippen molar-refractivity contribution < 1.29 is 4.74 Å². The third-order valence-electron chi connectivity index (χ3n) is 2.09. The van der Waals surface area contributed by atoms with E-state index >= 15 is 0 Å². The molecule has 0 fully saturated rings. The van der Waals surface area contributed by atoms with Gasteiger partial charge in [0.1, 0.15) is 5.60 Å². The predicted octanol–water partition coefficient (Wildman–Crippen LogP) is 2.41. The van der Waals surface area contributed by atoms with Crippen molar-refractivity contribution in [3.05, 3.63) is 23.3 Å². The van der Waals surface area contributed by atoms with E-state index in [9.17, 15) is 0 Å². The van der Waals surface area contributed by atoms with Crippen LogP contribution in [-0.2, 0) is 16.2 Å². The summed E-state index contributed by atoms with van der Waals surface area (Å²) in [6, 6.07) is 1.88. The SMILES string of the molecule is COC(C)(C)c1nc(C)cc(CCl)n1. The fraction of sp³-hybridized carbons (Fsp3) is 0.600. The molecule has 0 aliphatic heterocycles. The predicted molar refractivity (Wildman–Crippen MR) is 56.4 cm³/mol. The zero-order valence-corrected chi connectivity index (χ0v) is 9.72. The number of hydrogen-bond donors (Lipinski definition) is 0. The minimum absolute atomic E-state index is 0.399. The van der Waals surface area contributed by atoms with Crippen molar-refractivity contribution in [3.8, 4) is 0 Å². The zero-order valence-electron chi connectivity index (χ0n) is 8.97. The molecule has 0 atom stereocenters. The summed E-state index contributed by atoms with van der Waals surface area (Å²) in [5.74, 6) is 1.08. The molecule has 1 rings (SSSR count). The summed E-state index contributed by atoms with van der Waals surface area (Å²) in [6.45, 7) is 5.78. The lowest BCUT2D eigenvalue weighted by Crippen LogP contribution is -2.23. The zero-order chi connectivity index (χ0) is 10.8. The Balaban J connectivity index is 3.15. The highest BCUT2D eigenvalue weighted by Gasteiger charge is 2.23. The Bertz CT molecular complexity index is 326. The van der Waals surface area contributed by atoms with E-state index in [1.165, 1.54) is 0 Å². The van der Waals surface area contributed by atoms with Gasteiger partial charge in [0.05, 0.1) is 11.6 Å². The maximum Gasteiger partial charge on any atom is 0.160 e. The highest BCUT2D eigenvalue weighted by molar-refractivity contribution is 6.16. The van der Waals surface area contributed by atoms with E-state index in [1.54, 1.807) is 7.11 Å². The molecule has 0 aliphatic rings. The van der Waals surface area contributed by atoms with Crippen LogP contribution >= 0.6 is 11.6 Å². The molecule has 3 nitrogen and oxygen atoms in total. The normalized spacial score (nSPS) is 11.8. The first-order valence-electron chi connectivity index (χ1n) is 4.45. The smallest absolute Gasteiger partial charge is 0.160 e. The monoisotopic (exact) mass is 214 g/mol. The molecule has 0 spiro atoms. The second-order valence-corrected chi connectivity index (χ2v) is 3.94. The molecule has 0 saturated heterocycles. The van der Waals surface area contributed by atoms with Crippen LogP contribution in [0.5, 0.6) is 0 Å². The number of ether oxygens (including phenoxy) is 1. The summed E-state index contributed by atoms with van der Waals surface area (Å²) in [7, 11) is 1.64. The van der Waals surface area contributed by atoms with E-state index in [4.69, 9.17) is 16.3 Å². The van der Waals surface area contributed by atoms with Crippen LogP contribution in [0, 0.1) is 6.92 Å². The quantitative estimate of drug-likeness (QED) is 0.725. The molecule has 78 valence electrons. The van der Waals surface area contributed by atoms with Gasteiger partial charge in [-0.05, 0) is 26.8 Å². The Morgan fingerprint density at radius 2 is 2.07 bits per heavy atom. The molecule has 1 aromatic heterocycles. The lowest BCUT2D eigenvalue weighted by Gasteiger charge is -2.21. The van der Waals surface area contributed by atoms with Crippen molar-refractivity contribution in [1.29, 1.82) is 0 Å². The molecule has 0 aromatic carbocycles. The summed E-state index contributed by atoms with van der Waals surface area (Å²) < 4.78 is 5.31. The molecular weight excluding hydrogens is 200 g/mol. The van der Waals surface area contributed by atoms with Gasteiger partial charge in [-0.1, -0.05) is 0 Å². The molecule has 0 aliphatic carbocycles. The second-order valence-electron chi connectivity index (χ2n) is 3.67. The maximum atomic E-state index is 5.73.